The van der Waals surface area contributed by atoms with Gasteiger partial charge >= 0.3 is 0 Å². The second-order valence-corrected chi connectivity index (χ2v) is 5.31. The number of likely N-dealkylation sites (N-methyl/N-ethyl adjacent to an activating group) is 1. The summed E-state index contributed by atoms with van der Waals surface area (Å²) in [5, 5.41) is 10.2. The van der Waals surface area contributed by atoms with E-state index in [2.05, 4.69) is 52.1 Å². The van der Waals surface area contributed by atoms with Crippen LogP contribution in [-0.2, 0) is 0 Å². The molecule has 1 aromatic rings. The summed E-state index contributed by atoms with van der Waals surface area (Å²) in [5.74, 6) is 0.509. The second kappa shape index (κ2) is 7.85. The molecule has 0 bridgehead atoms. The van der Waals surface area contributed by atoms with Gasteiger partial charge in [-0.2, -0.15) is 0 Å². The highest BCUT2D eigenvalue weighted by atomic mass is 79.9. The third-order valence-corrected chi connectivity index (χ3v) is 3.70. The van der Waals surface area contributed by atoms with Gasteiger partial charge in [-0.25, -0.2) is 0 Å². The van der Waals surface area contributed by atoms with Gasteiger partial charge in [0.05, 0.1) is 6.10 Å². The van der Waals surface area contributed by atoms with E-state index < -0.39 is 0 Å². The summed E-state index contributed by atoms with van der Waals surface area (Å²) in [7, 11) is 2.11. The molecule has 96 valence electrons. The molecule has 2 unspecified atom stereocenters. The van der Waals surface area contributed by atoms with Crippen molar-refractivity contribution in [2.45, 2.75) is 25.4 Å². The Morgan fingerprint density at radius 3 is 2.47 bits per heavy atom. The van der Waals surface area contributed by atoms with E-state index in [1.807, 2.05) is 13.0 Å². The predicted molar refractivity (Wildman–Crippen MR) is 76.8 cm³/mol. The lowest BCUT2D eigenvalue weighted by molar-refractivity contribution is 0.163. The molecule has 0 amide bonds. The summed E-state index contributed by atoms with van der Waals surface area (Å²) in [6.07, 6.45) is 0.622. The molecular formula is C14H22BrNO. The fourth-order valence-corrected chi connectivity index (χ4v) is 2.42. The van der Waals surface area contributed by atoms with E-state index in [0.29, 0.717) is 5.92 Å². The van der Waals surface area contributed by atoms with Gasteiger partial charge < -0.3 is 10.0 Å². The van der Waals surface area contributed by atoms with Crippen molar-refractivity contribution in [3.05, 3.63) is 35.9 Å². The van der Waals surface area contributed by atoms with Gasteiger partial charge in [-0.1, -0.05) is 46.3 Å². The van der Waals surface area contributed by atoms with Crippen molar-refractivity contribution >= 4 is 15.9 Å². The maximum Gasteiger partial charge on any atom is 0.0524 e. The van der Waals surface area contributed by atoms with E-state index in [1.54, 1.807) is 0 Å². The van der Waals surface area contributed by atoms with Gasteiger partial charge in [-0.3, -0.25) is 0 Å². The Bertz CT molecular complexity index is 302. The summed E-state index contributed by atoms with van der Waals surface area (Å²) in [6.45, 7) is 3.79. The zero-order valence-corrected chi connectivity index (χ0v) is 12.2. The van der Waals surface area contributed by atoms with E-state index in [4.69, 9.17) is 0 Å². The number of hydrogen-bond acceptors (Lipinski definition) is 2. The van der Waals surface area contributed by atoms with Gasteiger partial charge in [-0.15, -0.1) is 0 Å². The number of alkyl halides is 1. The maximum atomic E-state index is 9.27. The van der Waals surface area contributed by atoms with Gasteiger partial charge in [0.2, 0.25) is 0 Å². The molecule has 0 heterocycles. The quantitative estimate of drug-likeness (QED) is 0.783. The summed E-state index contributed by atoms with van der Waals surface area (Å²) in [5.41, 5.74) is 1.37. The van der Waals surface area contributed by atoms with Gasteiger partial charge in [-0.05, 0) is 26.0 Å². The highest BCUT2D eigenvalue weighted by molar-refractivity contribution is 9.09. The first-order valence-electron chi connectivity index (χ1n) is 6.11. The number of benzene rings is 1. The lowest BCUT2D eigenvalue weighted by Gasteiger charge is -2.23. The molecule has 0 aliphatic heterocycles. The predicted octanol–water partition coefficient (Wildman–Crippen LogP) is 2.87. The summed E-state index contributed by atoms with van der Waals surface area (Å²) in [6, 6.07) is 10.6. The minimum absolute atomic E-state index is 0.211. The lowest BCUT2D eigenvalue weighted by atomic mass is 10.0. The molecule has 1 rings (SSSR count). The molecule has 0 aliphatic carbocycles. The highest BCUT2D eigenvalue weighted by Gasteiger charge is 2.12. The molecule has 1 N–H and O–H groups in total. The van der Waals surface area contributed by atoms with Crippen LogP contribution in [0.2, 0.25) is 0 Å². The molecular weight excluding hydrogens is 278 g/mol. The highest BCUT2D eigenvalue weighted by Crippen LogP contribution is 2.19. The second-order valence-electron chi connectivity index (χ2n) is 4.66. The molecule has 0 aromatic heterocycles. The zero-order valence-electron chi connectivity index (χ0n) is 10.6. The van der Waals surface area contributed by atoms with Crippen molar-refractivity contribution in [1.29, 1.82) is 0 Å². The van der Waals surface area contributed by atoms with E-state index in [9.17, 15) is 5.11 Å². The fourth-order valence-electron chi connectivity index (χ4n) is 1.84. The Hall–Kier alpha value is -0.380. The van der Waals surface area contributed by atoms with Crippen LogP contribution in [-0.4, -0.2) is 41.6 Å². The SMILES string of the molecule is CC(O)CCN(C)CC(CBr)c1ccccc1. The number of aliphatic hydroxyl groups is 1. The number of nitrogens with zero attached hydrogens (tertiary/aromatic N) is 1. The van der Waals surface area contributed by atoms with Crippen LogP contribution in [0.15, 0.2) is 30.3 Å². The van der Waals surface area contributed by atoms with E-state index in [1.165, 1.54) is 5.56 Å². The average Bonchev–Trinajstić information content (AvgIpc) is 2.34. The lowest BCUT2D eigenvalue weighted by Crippen LogP contribution is -2.28. The first-order chi connectivity index (χ1) is 8.13. The van der Waals surface area contributed by atoms with Crippen molar-refractivity contribution < 1.29 is 5.11 Å². The normalized spacial score (nSPS) is 14.9. The largest absolute Gasteiger partial charge is 0.393 e. The van der Waals surface area contributed by atoms with Crippen molar-refractivity contribution in [2.75, 3.05) is 25.5 Å². The van der Waals surface area contributed by atoms with Crippen molar-refractivity contribution in [2.24, 2.45) is 0 Å². The molecule has 17 heavy (non-hydrogen) atoms. The van der Waals surface area contributed by atoms with Crippen LogP contribution in [0.1, 0.15) is 24.8 Å². The monoisotopic (exact) mass is 299 g/mol. The topological polar surface area (TPSA) is 23.5 Å². The molecule has 0 radical (unpaired) electrons. The molecule has 3 heteroatoms. The molecule has 0 fully saturated rings. The van der Waals surface area contributed by atoms with Crippen LogP contribution < -0.4 is 0 Å². The molecule has 2 atom stereocenters. The Morgan fingerprint density at radius 1 is 1.29 bits per heavy atom. The third-order valence-electron chi connectivity index (χ3n) is 2.92. The van der Waals surface area contributed by atoms with Crippen LogP contribution >= 0.6 is 15.9 Å². The summed E-state index contributed by atoms with van der Waals surface area (Å²) < 4.78 is 0. The zero-order chi connectivity index (χ0) is 12.7. The molecule has 0 spiro atoms. The Balaban J connectivity index is 2.47. The first-order valence-corrected chi connectivity index (χ1v) is 7.23. The Morgan fingerprint density at radius 2 is 1.94 bits per heavy atom. The number of rotatable bonds is 7. The number of aliphatic hydroxyl groups excluding tert-OH is 1. The van der Waals surface area contributed by atoms with Crippen molar-refractivity contribution in [3.8, 4) is 0 Å². The van der Waals surface area contributed by atoms with E-state index >= 15 is 0 Å². The Labute approximate surface area is 113 Å². The van der Waals surface area contributed by atoms with Crippen LogP contribution in [0, 0.1) is 0 Å². The van der Waals surface area contributed by atoms with Crippen molar-refractivity contribution in [3.63, 3.8) is 0 Å². The molecule has 0 saturated carbocycles. The van der Waals surface area contributed by atoms with Gasteiger partial charge in [0.15, 0.2) is 0 Å². The van der Waals surface area contributed by atoms with Crippen LogP contribution in [0.3, 0.4) is 0 Å². The fraction of sp³-hybridized carbons (Fsp3) is 0.571. The molecule has 0 aliphatic rings. The molecule has 0 saturated heterocycles. The van der Waals surface area contributed by atoms with Crippen LogP contribution in [0.25, 0.3) is 0 Å². The van der Waals surface area contributed by atoms with E-state index in [0.717, 1.165) is 24.8 Å². The standard InChI is InChI=1S/C14H22BrNO/c1-12(17)8-9-16(2)11-14(10-15)13-6-4-3-5-7-13/h3-7,12,14,17H,8-11H2,1-2H3. The van der Waals surface area contributed by atoms with Gasteiger partial charge in [0, 0.05) is 24.3 Å². The first kappa shape index (κ1) is 14.7. The summed E-state index contributed by atoms with van der Waals surface area (Å²) >= 11 is 3.59. The van der Waals surface area contributed by atoms with Crippen LogP contribution in [0.5, 0.6) is 0 Å². The molecule has 2 nitrogen and oxygen atoms in total. The number of halogens is 1. The van der Waals surface area contributed by atoms with Crippen LogP contribution in [0.4, 0.5) is 0 Å². The average molecular weight is 300 g/mol. The number of hydrogen-bond donors (Lipinski definition) is 1. The van der Waals surface area contributed by atoms with Gasteiger partial charge in [0.1, 0.15) is 0 Å². The maximum absolute atomic E-state index is 9.27. The van der Waals surface area contributed by atoms with E-state index in [-0.39, 0.29) is 6.10 Å². The Kier molecular flexibility index (Phi) is 6.78. The summed E-state index contributed by atoms with van der Waals surface area (Å²) in [4.78, 5) is 2.28. The third kappa shape index (κ3) is 5.66. The minimum atomic E-state index is -0.211. The minimum Gasteiger partial charge on any atom is -0.393 e. The van der Waals surface area contributed by atoms with Crippen molar-refractivity contribution in [1.82, 2.24) is 4.90 Å². The van der Waals surface area contributed by atoms with Gasteiger partial charge in [0.25, 0.3) is 0 Å². The smallest absolute Gasteiger partial charge is 0.0524 e. The molecule has 1 aromatic carbocycles.